The predicted octanol–water partition coefficient (Wildman–Crippen LogP) is 4.73. The van der Waals surface area contributed by atoms with Crippen molar-refractivity contribution in [2.45, 2.75) is 32.7 Å². The molecule has 1 aromatic heterocycles. The Morgan fingerprint density at radius 3 is 2.95 bits per heavy atom. The molecular weight excluding hydrogens is 280 g/mol. The van der Waals surface area contributed by atoms with Crippen LogP contribution in [0, 0.1) is 13.8 Å². The fraction of sp³-hybridized carbons (Fsp3) is 0.353. The first-order valence-electron chi connectivity index (χ1n) is 7.33. The monoisotopic (exact) mass is 300 g/mol. The van der Waals surface area contributed by atoms with Crippen LogP contribution in [0.2, 0.25) is 0 Å². The van der Waals surface area contributed by atoms with Gasteiger partial charge in [0, 0.05) is 17.1 Å². The van der Waals surface area contributed by atoms with Crippen molar-refractivity contribution in [3.05, 3.63) is 51.7 Å². The summed E-state index contributed by atoms with van der Waals surface area (Å²) in [5, 5.41) is 5.15. The molecule has 1 aromatic carbocycles. The summed E-state index contributed by atoms with van der Waals surface area (Å²) in [6.07, 6.45) is 2.13. The fourth-order valence-corrected chi connectivity index (χ4v) is 3.72. The fourth-order valence-electron chi connectivity index (χ4n) is 2.84. The first kappa shape index (κ1) is 14.1. The van der Waals surface area contributed by atoms with Gasteiger partial charge in [0.05, 0.1) is 6.04 Å². The van der Waals surface area contributed by atoms with Gasteiger partial charge in [0.15, 0.2) is 0 Å². The van der Waals surface area contributed by atoms with E-state index in [9.17, 15) is 4.79 Å². The summed E-state index contributed by atoms with van der Waals surface area (Å²) < 4.78 is 0. The van der Waals surface area contributed by atoms with Crippen LogP contribution in [0.25, 0.3) is 0 Å². The maximum Gasteiger partial charge on any atom is 0.322 e. The number of benzene rings is 1. The van der Waals surface area contributed by atoms with Crippen LogP contribution < -0.4 is 5.32 Å². The molecule has 3 rings (SSSR count). The summed E-state index contributed by atoms with van der Waals surface area (Å²) >= 11 is 1.73. The molecule has 1 aliphatic rings. The molecule has 1 atom stereocenters. The van der Waals surface area contributed by atoms with Gasteiger partial charge in [-0.2, -0.15) is 0 Å². The standard InChI is InChI=1S/C17H20N2OS/c1-12-7-8-13(2)14(11-12)18-17(20)19-9-3-5-15(19)16-6-4-10-21-16/h4,6-8,10-11,15H,3,5,9H2,1-2H3,(H,18,20)/t15-/m1/s1. The van der Waals surface area contributed by atoms with Crippen molar-refractivity contribution in [2.75, 3.05) is 11.9 Å². The van der Waals surface area contributed by atoms with E-state index >= 15 is 0 Å². The Bertz CT molecular complexity index is 636. The van der Waals surface area contributed by atoms with Crippen LogP contribution in [-0.4, -0.2) is 17.5 Å². The highest BCUT2D eigenvalue weighted by Crippen LogP contribution is 2.35. The van der Waals surface area contributed by atoms with Crippen LogP contribution in [0.15, 0.2) is 35.7 Å². The van der Waals surface area contributed by atoms with Gasteiger partial charge in [0.25, 0.3) is 0 Å². The molecule has 4 heteroatoms. The molecular formula is C17H20N2OS. The van der Waals surface area contributed by atoms with Gasteiger partial charge in [0.2, 0.25) is 0 Å². The van der Waals surface area contributed by atoms with Crippen LogP contribution in [0.1, 0.15) is 34.9 Å². The second-order valence-electron chi connectivity index (χ2n) is 5.62. The molecule has 0 bridgehead atoms. The zero-order valence-corrected chi connectivity index (χ0v) is 13.2. The van der Waals surface area contributed by atoms with Crippen molar-refractivity contribution in [1.29, 1.82) is 0 Å². The number of hydrogen-bond donors (Lipinski definition) is 1. The lowest BCUT2D eigenvalue weighted by Crippen LogP contribution is -2.34. The Hall–Kier alpha value is -1.81. The van der Waals surface area contributed by atoms with Crippen molar-refractivity contribution in [1.82, 2.24) is 4.90 Å². The highest BCUT2D eigenvalue weighted by molar-refractivity contribution is 7.10. The van der Waals surface area contributed by atoms with Gasteiger partial charge < -0.3 is 10.2 Å². The van der Waals surface area contributed by atoms with Gasteiger partial charge in [-0.25, -0.2) is 4.79 Å². The zero-order valence-electron chi connectivity index (χ0n) is 12.4. The Balaban J connectivity index is 1.77. The van der Waals surface area contributed by atoms with Crippen molar-refractivity contribution in [2.24, 2.45) is 0 Å². The topological polar surface area (TPSA) is 32.3 Å². The SMILES string of the molecule is Cc1ccc(C)c(NC(=O)N2CCC[C@@H]2c2cccs2)c1. The number of likely N-dealkylation sites (tertiary alicyclic amines) is 1. The highest BCUT2D eigenvalue weighted by Gasteiger charge is 2.30. The predicted molar refractivity (Wildman–Crippen MR) is 87.9 cm³/mol. The molecule has 1 N–H and O–H groups in total. The van der Waals surface area contributed by atoms with E-state index < -0.39 is 0 Å². The lowest BCUT2D eigenvalue weighted by atomic mass is 10.1. The van der Waals surface area contributed by atoms with E-state index in [0.29, 0.717) is 0 Å². The quantitative estimate of drug-likeness (QED) is 0.854. The smallest absolute Gasteiger partial charge is 0.317 e. The second-order valence-corrected chi connectivity index (χ2v) is 6.59. The van der Waals surface area contributed by atoms with Crippen molar-refractivity contribution in [3.8, 4) is 0 Å². The average Bonchev–Trinajstić information content (AvgIpc) is 3.12. The maximum atomic E-state index is 12.6. The molecule has 2 aromatic rings. The molecule has 0 radical (unpaired) electrons. The minimum atomic E-state index is 0.0135. The molecule has 3 nitrogen and oxygen atoms in total. The second kappa shape index (κ2) is 5.90. The third-order valence-electron chi connectivity index (χ3n) is 4.02. The van der Waals surface area contributed by atoms with E-state index in [1.165, 1.54) is 4.88 Å². The van der Waals surface area contributed by atoms with Crippen LogP contribution >= 0.6 is 11.3 Å². The first-order chi connectivity index (χ1) is 10.1. The lowest BCUT2D eigenvalue weighted by molar-refractivity contribution is 0.208. The van der Waals surface area contributed by atoms with E-state index in [4.69, 9.17) is 0 Å². The number of amides is 2. The first-order valence-corrected chi connectivity index (χ1v) is 8.21. The Morgan fingerprint density at radius 2 is 2.19 bits per heavy atom. The molecule has 110 valence electrons. The molecule has 0 aliphatic carbocycles. The Morgan fingerprint density at radius 1 is 1.33 bits per heavy atom. The Kier molecular flexibility index (Phi) is 3.97. The molecule has 0 saturated carbocycles. The lowest BCUT2D eigenvalue weighted by Gasteiger charge is -2.24. The molecule has 2 heterocycles. The maximum absolute atomic E-state index is 12.6. The summed E-state index contributed by atoms with van der Waals surface area (Å²) in [5.74, 6) is 0. The number of nitrogens with one attached hydrogen (secondary N) is 1. The van der Waals surface area contributed by atoms with Crippen molar-refractivity contribution in [3.63, 3.8) is 0 Å². The number of thiophene rings is 1. The molecule has 0 spiro atoms. The number of carbonyl (C=O) groups excluding carboxylic acids is 1. The summed E-state index contributed by atoms with van der Waals surface area (Å²) in [4.78, 5) is 15.9. The Labute approximate surface area is 129 Å². The van der Waals surface area contributed by atoms with Gasteiger partial charge in [-0.1, -0.05) is 18.2 Å². The molecule has 0 unspecified atom stereocenters. The minimum Gasteiger partial charge on any atom is -0.317 e. The number of hydrogen-bond acceptors (Lipinski definition) is 2. The van der Waals surface area contributed by atoms with Crippen molar-refractivity contribution >= 4 is 23.1 Å². The van der Waals surface area contributed by atoms with E-state index in [-0.39, 0.29) is 12.1 Å². The largest absolute Gasteiger partial charge is 0.322 e. The summed E-state index contributed by atoms with van der Waals surface area (Å²) in [6.45, 7) is 4.90. The van der Waals surface area contributed by atoms with E-state index in [0.717, 1.165) is 36.2 Å². The minimum absolute atomic E-state index is 0.0135. The van der Waals surface area contributed by atoms with Crippen LogP contribution in [0.5, 0.6) is 0 Å². The van der Waals surface area contributed by atoms with E-state index in [1.807, 2.05) is 30.9 Å². The molecule has 2 amide bonds. The van der Waals surface area contributed by atoms with Gasteiger partial charge in [-0.15, -0.1) is 11.3 Å². The molecule has 1 fully saturated rings. The molecule has 21 heavy (non-hydrogen) atoms. The number of rotatable bonds is 2. The van der Waals surface area contributed by atoms with E-state index in [1.54, 1.807) is 11.3 Å². The number of nitrogens with zero attached hydrogens (tertiary/aromatic N) is 1. The summed E-state index contributed by atoms with van der Waals surface area (Å²) in [5.41, 5.74) is 3.17. The molecule has 1 saturated heterocycles. The number of aryl methyl sites for hydroxylation is 2. The van der Waals surface area contributed by atoms with E-state index in [2.05, 4.69) is 28.9 Å². The number of urea groups is 1. The van der Waals surface area contributed by atoms with Crippen LogP contribution in [0.3, 0.4) is 0 Å². The number of anilines is 1. The van der Waals surface area contributed by atoms with Gasteiger partial charge in [0.1, 0.15) is 0 Å². The number of carbonyl (C=O) groups is 1. The summed E-state index contributed by atoms with van der Waals surface area (Å²) in [6, 6.07) is 10.6. The highest BCUT2D eigenvalue weighted by atomic mass is 32.1. The molecule has 1 aliphatic heterocycles. The van der Waals surface area contributed by atoms with Crippen LogP contribution in [-0.2, 0) is 0 Å². The summed E-state index contributed by atoms with van der Waals surface area (Å²) in [7, 11) is 0. The average molecular weight is 300 g/mol. The third kappa shape index (κ3) is 2.95. The van der Waals surface area contributed by atoms with Gasteiger partial charge in [-0.3, -0.25) is 0 Å². The van der Waals surface area contributed by atoms with Gasteiger partial charge >= 0.3 is 6.03 Å². The van der Waals surface area contributed by atoms with Gasteiger partial charge in [-0.05, 0) is 55.3 Å². The third-order valence-corrected chi connectivity index (χ3v) is 4.99. The normalized spacial score (nSPS) is 18.0. The van der Waals surface area contributed by atoms with Crippen LogP contribution in [0.4, 0.5) is 10.5 Å². The zero-order chi connectivity index (χ0) is 14.8. The van der Waals surface area contributed by atoms with Crippen molar-refractivity contribution < 1.29 is 4.79 Å².